The summed E-state index contributed by atoms with van der Waals surface area (Å²) in [4.78, 5) is 13.3. The molecule has 14 heteroatoms. The molecule has 2 heterocycles. The predicted octanol–water partition coefficient (Wildman–Crippen LogP) is 14.6. The fraction of sp³-hybridized carbons (Fsp3) is 0.770. The molecule has 12 unspecified atom stereocenters. The van der Waals surface area contributed by atoms with Gasteiger partial charge in [-0.25, -0.2) is 0 Å². The maximum Gasteiger partial charge on any atom is 0.220 e. The van der Waals surface area contributed by atoms with Crippen LogP contribution in [-0.4, -0.2) is 140 Å². The van der Waals surface area contributed by atoms with Crippen LogP contribution in [0.5, 0.6) is 0 Å². The number of aliphatic hydroxyl groups is 8. The molecule has 2 aliphatic heterocycles. The van der Waals surface area contributed by atoms with Crippen molar-refractivity contribution in [1.82, 2.24) is 5.32 Å². The van der Waals surface area contributed by atoms with E-state index < -0.39 is 86.8 Å². The molecule has 0 aliphatic carbocycles. The zero-order valence-electron chi connectivity index (χ0n) is 55.2. The van der Waals surface area contributed by atoms with Gasteiger partial charge in [0, 0.05) is 6.42 Å². The Morgan fingerprint density at radius 2 is 0.784 bits per heavy atom. The number of unbranched alkanes of at least 4 members (excludes halogenated alkanes) is 28. The highest BCUT2D eigenvalue weighted by molar-refractivity contribution is 5.76. The number of amides is 1. The summed E-state index contributed by atoms with van der Waals surface area (Å²) >= 11 is 0. The van der Waals surface area contributed by atoms with Crippen LogP contribution in [-0.2, 0) is 23.7 Å². The molecule has 0 aromatic carbocycles. The van der Waals surface area contributed by atoms with E-state index in [9.17, 15) is 45.6 Å². The van der Waals surface area contributed by atoms with E-state index in [2.05, 4.69) is 116 Å². The van der Waals surface area contributed by atoms with Gasteiger partial charge in [-0.15, -0.1) is 0 Å². The van der Waals surface area contributed by atoms with Crippen LogP contribution >= 0.6 is 0 Å². The molecule has 508 valence electrons. The number of aliphatic hydroxyl groups excluding tert-OH is 8. The summed E-state index contributed by atoms with van der Waals surface area (Å²) in [6.07, 6.45) is 64.2. The van der Waals surface area contributed by atoms with E-state index in [-0.39, 0.29) is 12.5 Å². The summed E-state index contributed by atoms with van der Waals surface area (Å²) in [5, 5.41) is 87.6. The molecule has 2 aliphatic rings. The number of hydrogen-bond donors (Lipinski definition) is 9. The van der Waals surface area contributed by atoms with Gasteiger partial charge in [-0.3, -0.25) is 4.79 Å². The highest BCUT2D eigenvalue weighted by atomic mass is 16.7. The molecule has 88 heavy (non-hydrogen) atoms. The first-order valence-electron chi connectivity index (χ1n) is 35.5. The Morgan fingerprint density at radius 1 is 0.420 bits per heavy atom. The molecule has 0 aromatic heterocycles. The molecule has 0 saturated carbocycles. The maximum absolute atomic E-state index is 13.3. The third-order valence-electron chi connectivity index (χ3n) is 16.8. The molecule has 0 aromatic rings. The third kappa shape index (κ3) is 41.4. The van der Waals surface area contributed by atoms with E-state index in [4.69, 9.17) is 18.9 Å². The molecule has 1 amide bonds. The van der Waals surface area contributed by atoms with Crippen LogP contribution in [0.25, 0.3) is 0 Å². The third-order valence-corrected chi connectivity index (χ3v) is 16.8. The van der Waals surface area contributed by atoms with Crippen LogP contribution in [0.4, 0.5) is 0 Å². The molecule has 14 nitrogen and oxygen atoms in total. The Labute approximate surface area is 534 Å². The quantitative estimate of drug-likeness (QED) is 0.0204. The van der Waals surface area contributed by atoms with Crippen molar-refractivity contribution in [3.8, 4) is 0 Å². The molecular weight excluding hydrogens is 1110 g/mol. The van der Waals surface area contributed by atoms with Crippen LogP contribution in [0.15, 0.2) is 97.2 Å². The molecule has 9 N–H and O–H groups in total. The molecule has 2 fully saturated rings. The predicted molar refractivity (Wildman–Crippen MR) is 359 cm³/mol. The lowest BCUT2D eigenvalue weighted by Crippen LogP contribution is -2.65. The average molecular weight is 1240 g/mol. The lowest BCUT2D eigenvalue weighted by Gasteiger charge is -2.46. The lowest BCUT2D eigenvalue weighted by molar-refractivity contribution is -0.359. The topological polar surface area (TPSA) is 228 Å². The first-order chi connectivity index (χ1) is 43.1. The number of carbonyl (C=O) groups is 1. The summed E-state index contributed by atoms with van der Waals surface area (Å²) in [5.41, 5.74) is 0. The van der Waals surface area contributed by atoms with Gasteiger partial charge in [0.2, 0.25) is 5.91 Å². The van der Waals surface area contributed by atoms with Gasteiger partial charge >= 0.3 is 0 Å². The maximum atomic E-state index is 13.3. The minimum Gasteiger partial charge on any atom is -0.394 e. The standard InChI is InChI=1S/C74H129NO13/c1-3-5-7-9-11-13-15-17-19-21-22-23-24-25-26-27-28-29-30-31-32-33-34-35-36-37-38-39-40-42-44-46-48-50-52-54-56-58-66(79)75-62(63(78)57-55-53-51-49-47-45-43-41-20-18-16-14-12-10-8-6-4-2)61-85-73-71(84)69(82)72(65(60-77)87-73)88-74-70(83)68(81)67(80)64(59-76)86-74/h5,7,11,13,17,19,22-23,25-26,28-29,31-32,34-35,62-65,67-74,76-78,80-84H,3-4,6,8-10,12,14-16,18,20-21,24,27,30,33,36-61H2,1-2H3,(H,75,79)/b7-5-,13-11-,19-17-,23-22-,26-25-,29-28-,32-31-,35-34-. The Balaban J connectivity index is 1.62. The molecule has 2 rings (SSSR count). The second-order valence-electron chi connectivity index (χ2n) is 24.6. The molecule has 0 spiro atoms. The van der Waals surface area contributed by atoms with Crippen LogP contribution in [0, 0.1) is 0 Å². The Morgan fingerprint density at radius 3 is 1.20 bits per heavy atom. The molecule has 0 bridgehead atoms. The Kier molecular flexibility index (Phi) is 53.2. The van der Waals surface area contributed by atoms with E-state index in [1.165, 1.54) is 135 Å². The summed E-state index contributed by atoms with van der Waals surface area (Å²) in [5.74, 6) is -0.210. The Hall–Kier alpha value is -3.09. The van der Waals surface area contributed by atoms with Crippen LogP contribution < -0.4 is 5.32 Å². The summed E-state index contributed by atoms with van der Waals surface area (Å²) in [6, 6.07) is -0.836. The normalized spacial score (nSPS) is 23.8. The van der Waals surface area contributed by atoms with Gasteiger partial charge < -0.3 is 65.1 Å². The highest BCUT2D eigenvalue weighted by Gasteiger charge is 2.51. The van der Waals surface area contributed by atoms with Crippen LogP contribution in [0.2, 0.25) is 0 Å². The number of rotatable bonds is 57. The molecule has 12 atom stereocenters. The summed E-state index contributed by atoms with van der Waals surface area (Å²) < 4.78 is 22.9. The Bertz CT molecular complexity index is 1850. The molecular formula is C74H129NO13. The van der Waals surface area contributed by atoms with Crippen molar-refractivity contribution < 1.29 is 64.6 Å². The van der Waals surface area contributed by atoms with Crippen molar-refractivity contribution in [2.45, 2.75) is 344 Å². The lowest BCUT2D eigenvalue weighted by atomic mass is 9.97. The van der Waals surface area contributed by atoms with E-state index in [1.807, 2.05) is 0 Å². The number of hydrogen-bond acceptors (Lipinski definition) is 13. The van der Waals surface area contributed by atoms with Gasteiger partial charge in [-0.1, -0.05) is 284 Å². The summed E-state index contributed by atoms with van der Waals surface area (Å²) in [7, 11) is 0. The van der Waals surface area contributed by atoms with Crippen molar-refractivity contribution in [1.29, 1.82) is 0 Å². The number of allylic oxidation sites excluding steroid dienone is 16. The van der Waals surface area contributed by atoms with Crippen LogP contribution in [0.1, 0.15) is 271 Å². The second kappa shape index (κ2) is 57.8. The number of carbonyl (C=O) groups excluding carboxylic acids is 1. The highest BCUT2D eigenvalue weighted by Crippen LogP contribution is 2.30. The fourth-order valence-electron chi connectivity index (χ4n) is 11.2. The van der Waals surface area contributed by atoms with Crippen molar-refractivity contribution in [2.75, 3.05) is 19.8 Å². The van der Waals surface area contributed by atoms with Crippen LogP contribution in [0.3, 0.4) is 0 Å². The fourth-order valence-corrected chi connectivity index (χ4v) is 11.2. The largest absolute Gasteiger partial charge is 0.394 e. The van der Waals surface area contributed by atoms with E-state index >= 15 is 0 Å². The van der Waals surface area contributed by atoms with E-state index in [0.29, 0.717) is 12.8 Å². The first kappa shape index (κ1) is 81.0. The zero-order valence-corrected chi connectivity index (χ0v) is 55.2. The number of ether oxygens (including phenoxy) is 4. The van der Waals surface area contributed by atoms with E-state index in [0.717, 1.165) is 109 Å². The molecule has 0 radical (unpaired) electrons. The minimum atomic E-state index is -1.79. The SMILES string of the molecule is CC/C=C\C/C=C\C/C=C\C/C=C\C/C=C\C/C=C\C/C=C\C/C=C\CCCCCCCCCCCCCCC(=O)NC(COC1OC(CO)C(OC2OC(CO)C(O)C(O)C2O)C(O)C1O)C(O)CCCCCCCCCCCCCCCCCCC. The van der Waals surface area contributed by atoms with Crippen molar-refractivity contribution in [3.05, 3.63) is 97.2 Å². The second-order valence-corrected chi connectivity index (χ2v) is 24.6. The van der Waals surface area contributed by atoms with Gasteiger partial charge in [-0.2, -0.15) is 0 Å². The zero-order chi connectivity index (χ0) is 63.8. The monoisotopic (exact) mass is 1240 g/mol. The first-order valence-corrected chi connectivity index (χ1v) is 35.5. The van der Waals surface area contributed by atoms with Gasteiger partial charge in [0.05, 0.1) is 32.0 Å². The summed E-state index contributed by atoms with van der Waals surface area (Å²) in [6.45, 7) is 2.76. The molecule has 2 saturated heterocycles. The smallest absolute Gasteiger partial charge is 0.220 e. The van der Waals surface area contributed by atoms with Gasteiger partial charge in [0.25, 0.3) is 0 Å². The minimum absolute atomic E-state index is 0.210. The van der Waals surface area contributed by atoms with Crippen molar-refractivity contribution in [2.24, 2.45) is 0 Å². The van der Waals surface area contributed by atoms with Gasteiger partial charge in [-0.05, 0) is 77.0 Å². The number of nitrogens with one attached hydrogen (secondary N) is 1. The van der Waals surface area contributed by atoms with Crippen molar-refractivity contribution >= 4 is 5.91 Å². The van der Waals surface area contributed by atoms with Crippen molar-refractivity contribution in [3.63, 3.8) is 0 Å². The van der Waals surface area contributed by atoms with Gasteiger partial charge in [0.1, 0.15) is 48.8 Å². The van der Waals surface area contributed by atoms with Gasteiger partial charge in [0.15, 0.2) is 12.6 Å². The van der Waals surface area contributed by atoms with E-state index in [1.54, 1.807) is 0 Å². The average Bonchev–Trinajstić information content (AvgIpc) is 2.07.